The minimum Gasteiger partial charge on any atom is -0.340 e. The molecule has 0 aromatic heterocycles. The Morgan fingerprint density at radius 1 is 1.25 bits per heavy atom. The number of rotatable bonds is 3. The third kappa shape index (κ3) is 2.96. The summed E-state index contributed by atoms with van der Waals surface area (Å²) in [6, 6.07) is 5.55. The van der Waals surface area contributed by atoms with Gasteiger partial charge in [0.2, 0.25) is 0 Å². The maximum Gasteiger partial charge on any atom is 0.133 e. The highest BCUT2D eigenvalue weighted by Gasteiger charge is 2.17. The van der Waals surface area contributed by atoms with E-state index in [1.165, 1.54) is 38.2 Å². The van der Waals surface area contributed by atoms with Crippen molar-refractivity contribution in [2.45, 2.75) is 44.7 Å². The molecule has 0 amide bonds. The molecule has 1 aromatic carbocycles. The van der Waals surface area contributed by atoms with Crippen LogP contribution < -0.4 is 5.32 Å². The molecule has 2 rings (SSSR count). The first-order valence-corrected chi connectivity index (χ1v) is 6.41. The molecule has 0 radical (unpaired) electrons. The zero-order valence-corrected chi connectivity index (χ0v) is 10.1. The van der Waals surface area contributed by atoms with Gasteiger partial charge in [0.25, 0.3) is 0 Å². The Hall–Kier alpha value is -0.600. The Morgan fingerprint density at radius 2 is 2.00 bits per heavy atom. The monoisotopic (exact) mass is 242 g/mol. The van der Waals surface area contributed by atoms with E-state index in [-0.39, 0.29) is 5.82 Å². The summed E-state index contributed by atoms with van der Waals surface area (Å²) in [5.41, 5.74) is 0.648. The van der Waals surface area contributed by atoms with Crippen LogP contribution in [0.2, 0.25) is 5.02 Å². The summed E-state index contributed by atoms with van der Waals surface area (Å²) in [7, 11) is 0. The van der Waals surface area contributed by atoms with E-state index in [0.29, 0.717) is 23.2 Å². The van der Waals surface area contributed by atoms with Crippen LogP contribution in [-0.4, -0.2) is 6.04 Å². The number of nitrogens with two attached hydrogens (primary N) is 1. The van der Waals surface area contributed by atoms with Crippen molar-refractivity contribution < 1.29 is 9.71 Å². The van der Waals surface area contributed by atoms with E-state index in [4.69, 9.17) is 11.6 Å². The summed E-state index contributed by atoms with van der Waals surface area (Å²) in [6.07, 6.45) is 6.49. The second kappa shape index (κ2) is 5.65. The van der Waals surface area contributed by atoms with Crippen molar-refractivity contribution in [1.82, 2.24) is 0 Å². The lowest BCUT2D eigenvalue weighted by Gasteiger charge is -2.20. The smallest absolute Gasteiger partial charge is 0.133 e. The van der Waals surface area contributed by atoms with Gasteiger partial charge in [-0.15, -0.1) is 0 Å². The summed E-state index contributed by atoms with van der Waals surface area (Å²) in [6.45, 7) is 0.663. The molecule has 1 aliphatic carbocycles. The molecule has 0 saturated heterocycles. The van der Waals surface area contributed by atoms with E-state index in [9.17, 15) is 4.39 Å². The molecule has 1 fully saturated rings. The van der Waals surface area contributed by atoms with Crippen molar-refractivity contribution in [3.8, 4) is 0 Å². The van der Waals surface area contributed by atoms with Gasteiger partial charge in [0.15, 0.2) is 0 Å². The summed E-state index contributed by atoms with van der Waals surface area (Å²) < 4.78 is 13.5. The molecule has 3 heteroatoms. The Bertz CT molecular complexity index is 328. The minimum absolute atomic E-state index is 0.181. The van der Waals surface area contributed by atoms with Crippen LogP contribution in [0.1, 0.15) is 37.7 Å². The molecule has 0 heterocycles. The molecule has 88 valence electrons. The predicted molar refractivity (Wildman–Crippen MR) is 63.9 cm³/mol. The van der Waals surface area contributed by atoms with Crippen molar-refractivity contribution in [1.29, 1.82) is 0 Å². The average Bonchev–Trinajstić information content (AvgIpc) is 2.30. The van der Waals surface area contributed by atoms with Crippen LogP contribution in [0.5, 0.6) is 0 Å². The molecule has 0 spiro atoms. The van der Waals surface area contributed by atoms with Crippen molar-refractivity contribution in [2.75, 3.05) is 0 Å². The maximum atomic E-state index is 13.5. The standard InChI is InChI=1S/C13H17ClFN/c14-12-7-4-8-13(15)11(12)9-16-10-5-2-1-3-6-10/h4,7-8,10,16H,1-3,5-6,9H2/p+1. The first-order valence-electron chi connectivity index (χ1n) is 6.03. The van der Waals surface area contributed by atoms with Gasteiger partial charge < -0.3 is 5.32 Å². The lowest BCUT2D eigenvalue weighted by Crippen LogP contribution is -2.88. The fraction of sp³-hybridized carbons (Fsp3) is 0.538. The molecule has 1 aliphatic rings. The molecule has 0 atom stereocenters. The number of hydrogen-bond acceptors (Lipinski definition) is 0. The van der Waals surface area contributed by atoms with Crippen molar-refractivity contribution >= 4 is 11.6 Å². The van der Waals surface area contributed by atoms with Crippen LogP contribution in [0.25, 0.3) is 0 Å². The van der Waals surface area contributed by atoms with E-state index in [2.05, 4.69) is 5.32 Å². The second-order valence-corrected chi connectivity index (χ2v) is 4.95. The quantitative estimate of drug-likeness (QED) is 0.840. The zero-order chi connectivity index (χ0) is 11.4. The predicted octanol–water partition coefficient (Wildman–Crippen LogP) is 2.88. The van der Waals surface area contributed by atoms with Crippen LogP contribution in [0.4, 0.5) is 4.39 Å². The summed E-state index contributed by atoms with van der Waals surface area (Å²) in [5, 5.41) is 2.79. The van der Waals surface area contributed by atoms with Gasteiger partial charge in [-0.1, -0.05) is 24.1 Å². The molecular formula is C13H18ClFN+. The SMILES string of the molecule is Fc1cccc(Cl)c1C[NH2+]C1CCCCC1. The third-order valence-corrected chi connectivity index (χ3v) is 3.72. The number of quaternary nitrogens is 1. The minimum atomic E-state index is -0.181. The topological polar surface area (TPSA) is 16.6 Å². The van der Waals surface area contributed by atoms with Gasteiger partial charge in [0.1, 0.15) is 12.4 Å². The first-order chi connectivity index (χ1) is 7.77. The molecule has 2 N–H and O–H groups in total. The largest absolute Gasteiger partial charge is 0.340 e. The van der Waals surface area contributed by atoms with Crippen molar-refractivity contribution in [3.63, 3.8) is 0 Å². The fourth-order valence-electron chi connectivity index (χ4n) is 2.38. The van der Waals surface area contributed by atoms with Crippen LogP contribution >= 0.6 is 11.6 Å². The van der Waals surface area contributed by atoms with Gasteiger partial charge in [-0.2, -0.15) is 0 Å². The molecule has 1 aromatic rings. The van der Waals surface area contributed by atoms with Crippen LogP contribution in [0, 0.1) is 5.82 Å². The molecule has 0 unspecified atom stereocenters. The van der Waals surface area contributed by atoms with Crippen molar-refractivity contribution in [3.05, 3.63) is 34.6 Å². The second-order valence-electron chi connectivity index (χ2n) is 4.54. The van der Waals surface area contributed by atoms with E-state index in [1.807, 2.05) is 0 Å². The van der Waals surface area contributed by atoms with Crippen molar-refractivity contribution in [2.24, 2.45) is 0 Å². The van der Waals surface area contributed by atoms with Gasteiger partial charge in [-0.3, -0.25) is 0 Å². The summed E-state index contributed by atoms with van der Waals surface area (Å²) >= 11 is 5.99. The zero-order valence-electron chi connectivity index (χ0n) is 9.39. The van der Waals surface area contributed by atoms with Gasteiger partial charge in [0, 0.05) is 0 Å². The highest BCUT2D eigenvalue weighted by molar-refractivity contribution is 6.31. The number of hydrogen-bond donors (Lipinski definition) is 1. The van der Waals surface area contributed by atoms with E-state index >= 15 is 0 Å². The van der Waals surface area contributed by atoms with Gasteiger partial charge >= 0.3 is 0 Å². The molecule has 16 heavy (non-hydrogen) atoms. The highest BCUT2D eigenvalue weighted by atomic mass is 35.5. The number of benzene rings is 1. The Labute approximate surface area is 101 Å². The molecule has 0 bridgehead atoms. The molecule has 0 aliphatic heterocycles. The maximum absolute atomic E-state index is 13.5. The van der Waals surface area contributed by atoms with Crippen LogP contribution in [0.15, 0.2) is 18.2 Å². The lowest BCUT2D eigenvalue weighted by atomic mass is 9.95. The summed E-state index contributed by atoms with van der Waals surface area (Å²) in [4.78, 5) is 0. The van der Waals surface area contributed by atoms with Gasteiger partial charge in [0.05, 0.1) is 16.6 Å². The van der Waals surface area contributed by atoms with Crippen LogP contribution in [-0.2, 0) is 6.54 Å². The van der Waals surface area contributed by atoms with E-state index in [1.54, 1.807) is 12.1 Å². The normalized spacial score (nSPS) is 17.6. The molecule has 1 saturated carbocycles. The lowest BCUT2D eigenvalue weighted by molar-refractivity contribution is -0.707. The summed E-state index contributed by atoms with van der Waals surface area (Å²) in [5.74, 6) is -0.181. The van der Waals surface area contributed by atoms with E-state index in [0.717, 1.165) is 0 Å². The third-order valence-electron chi connectivity index (χ3n) is 3.37. The van der Waals surface area contributed by atoms with Gasteiger partial charge in [-0.05, 0) is 37.8 Å². The first kappa shape index (κ1) is 11.9. The molecular weight excluding hydrogens is 225 g/mol. The Kier molecular flexibility index (Phi) is 4.19. The highest BCUT2D eigenvalue weighted by Crippen LogP contribution is 2.18. The fourth-order valence-corrected chi connectivity index (χ4v) is 2.62. The Morgan fingerprint density at radius 3 is 2.69 bits per heavy atom. The van der Waals surface area contributed by atoms with Crippen LogP contribution in [0.3, 0.4) is 0 Å². The Balaban J connectivity index is 1.93. The average molecular weight is 243 g/mol. The number of halogens is 2. The van der Waals surface area contributed by atoms with E-state index < -0.39 is 0 Å². The van der Waals surface area contributed by atoms with Gasteiger partial charge in [-0.25, -0.2) is 4.39 Å². The molecule has 1 nitrogen and oxygen atoms in total.